The number of hydrogen-bond acceptors (Lipinski definition) is 6. The molecule has 0 aliphatic carbocycles. The molecule has 0 aliphatic heterocycles. The van der Waals surface area contributed by atoms with E-state index in [0.717, 1.165) is 5.56 Å². The molecule has 0 spiro atoms. The molecule has 0 saturated carbocycles. The largest absolute Gasteiger partial charge is 0.426 e. The van der Waals surface area contributed by atoms with Gasteiger partial charge in [0.2, 0.25) is 4.96 Å². The summed E-state index contributed by atoms with van der Waals surface area (Å²) in [5.41, 5.74) is 1.01. The monoisotopic (exact) mass is 397 g/mol. The maximum absolute atomic E-state index is 12.7. The Balaban J connectivity index is 1.82. The van der Waals surface area contributed by atoms with E-state index in [1.807, 2.05) is 18.2 Å². The van der Waals surface area contributed by atoms with Crippen molar-refractivity contribution in [2.24, 2.45) is 0 Å². The molecule has 0 unspecified atom stereocenters. The lowest BCUT2D eigenvalue weighted by Crippen LogP contribution is -2.23. The van der Waals surface area contributed by atoms with Gasteiger partial charge in [0.1, 0.15) is 5.75 Å². The van der Waals surface area contributed by atoms with Gasteiger partial charge in [0.15, 0.2) is 5.82 Å². The van der Waals surface area contributed by atoms with Crippen molar-refractivity contribution in [2.45, 2.75) is 6.92 Å². The molecule has 0 atom stereocenters. The Morgan fingerprint density at radius 3 is 2.67 bits per heavy atom. The smallest absolute Gasteiger partial charge is 0.308 e. The first kappa shape index (κ1) is 17.4. The molecule has 6 nitrogen and oxygen atoms in total. The number of nitrogens with zero attached hydrogens (tertiary/aromatic N) is 3. The minimum atomic E-state index is -0.440. The number of benzene rings is 2. The number of esters is 1. The summed E-state index contributed by atoms with van der Waals surface area (Å²) < 4.78 is 6.92. The highest BCUT2D eigenvalue weighted by Gasteiger charge is 2.16. The Labute approximate surface area is 162 Å². The standard InChI is InChI=1S/C19H12ClN3O3S/c1-11(24)26-15-9-5-3-7-13(15)17-21-19-23(22-17)18(25)16(27-19)10-12-6-2-4-8-14(12)20/h2-10H,1H3/b16-10-. The first-order chi connectivity index (χ1) is 13.0. The Hall–Kier alpha value is -3.03. The fourth-order valence-electron chi connectivity index (χ4n) is 2.58. The second kappa shape index (κ2) is 6.94. The van der Waals surface area contributed by atoms with Crippen LogP contribution in [0.15, 0.2) is 53.3 Å². The summed E-state index contributed by atoms with van der Waals surface area (Å²) in [6, 6.07) is 14.2. The summed E-state index contributed by atoms with van der Waals surface area (Å²) in [5, 5.41) is 4.86. The van der Waals surface area contributed by atoms with E-state index in [1.165, 1.54) is 22.8 Å². The molecule has 0 radical (unpaired) electrons. The van der Waals surface area contributed by atoms with Gasteiger partial charge in [-0.25, -0.2) is 0 Å². The predicted octanol–water partition coefficient (Wildman–Crippen LogP) is 2.94. The number of para-hydroxylation sites is 1. The van der Waals surface area contributed by atoms with Crippen LogP contribution in [0, 0.1) is 0 Å². The topological polar surface area (TPSA) is 73.6 Å². The fourth-order valence-corrected chi connectivity index (χ4v) is 3.67. The van der Waals surface area contributed by atoms with Gasteiger partial charge in [0.05, 0.1) is 10.1 Å². The van der Waals surface area contributed by atoms with Crippen molar-refractivity contribution in [3.05, 3.63) is 74.0 Å². The van der Waals surface area contributed by atoms with Crippen molar-refractivity contribution < 1.29 is 9.53 Å². The van der Waals surface area contributed by atoms with Crippen molar-refractivity contribution in [1.29, 1.82) is 0 Å². The van der Waals surface area contributed by atoms with Gasteiger partial charge in [-0.1, -0.05) is 53.3 Å². The van der Waals surface area contributed by atoms with Gasteiger partial charge in [-0.3, -0.25) is 9.59 Å². The number of thiazole rings is 1. The Morgan fingerprint density at radius 2 is 1.93 bits per heavy atom. The molecule has 4 rings (SSSR count). The van der Waals surface area contributed by atoms with E-state index in [1.54, 1.807) is 36.4 Å². The van der Waals surface area contributed by atoms with Crippen LogP contribution in [0.4, 0.5) is 0 Å². The van der Waals surface area contributed by atoms with Crippen LogP contribution in [0.3, 0.4) is 0 Å². The quantitative estimate of drug-likeness (QED) is 0.392. The Morgan fingerprint density at radius 1 is 1.19 bits per heavy atom. The van der Waals surface area contributed by atoms with Crippen molar-refractivity contribution in [3.8, 4) is 17.1 Å². The maximum Gasteiger partial charge on any atom is 0.308 e. The van der Waals surface area contributed by atoms with Crippen LogP contribution in [0.1, 0.15) is 12.5 Å². The second-order valence-electron chi connectivity index (χ2n) is 5.66. The fraction of sp³-hybridized carbons (Fsp3) is 0.0526. The van der Waals surface area contributed by atoms with Crippen LogP contribution in [0.25, 0.3) is 22.4 Å². The highest BCUT2D eigenvalue weighted by atomic mass is 35.5. The molecule has 0 bridgehead atoms. The molecule has 0 fully saturated rings. The first-order valence-corrected chi connectivity index (χ1v) is 9.16. The number of ether oxygens (including phenoxy) is 1. The zero-order valence-electron chi connectivity index (χ0n) is 14.0. The van der Waals surface area contributed by atoms with E-state index in [9.17, 15) is 9.59 Å². The lowest BCUT2D eigenvalue weighted by molar-refractivity contribution is -0.131. The minimum Gasteiger partial charge on any atom is -0.426 e. The van der Waals surface area contributed by atoms with E-state index in [0.29, 0.717) is 31.7 Å². The third-order valence-corrected chi connectivity index (χ3v) is 5.06. The van der Waals surface area contributed by atoms with Gasteiger partial charge in [-0.2, -0.15) is 9.50 Å². The second-order valence-corrected chi connectivity index (χ2v) is 7.07. The van der Waals surface area contributed by atoms with E-state index in [-0.39, 0.29) is 5.56 Å². The summed E-state index contributed by atoms with van der Waals surface area (Å²) in [6.45, 7) is 1.32. The van der Waals surface area contributed by atoms with Crippen LogP contribution in [-0.4, -0.2) is 20.6 Å². The van der Waals surface area contributed by atoms with Crippen LogP contribution in [0.2, 0.25) is 5.02 Å². The van der Waals surface area contributed by atoms with E-state index >= 15 is 0 Å². The molecular weight excluding hydrogens is 386 g/mol. The molecule has 8 heteroatoms. The van der Waals surface area contributed by atoms with Crippen LogP contribution in [0.5, 0.6) is 5.75 Å². The highest BCUT2D eigenvalue weighted by molar-refractivity contribution is 7.15. The number of hydrogen-bond donors (Lipinski definition) is 0. The molecule has 27 heavy (non-hydrogen) atoms. The van der Waals surface area contributed by atoms with Crippen LogP contribution >= 0.6 is 22.9 Å². The van der Waals surface area contributed by atoms with Crippen LogP contribution in [-0.2, 0) is 4.79 Å². The SMILES string of the molecule is CC(=O)Oc1ccccc1-c1nc2s/c(=C\c3ccccc3Cl)c(=O)n2n1. The summed E-state index contributed by atoms with van der Waals surface area (Å²) in [7, 11) is 0. The average Bonchev–Trinajstić information content (AvgIpc) is 3.17. The van der Waals surface area contributed by atoms with Crippen molar-refractivity contribution >= 4 is 39.9 Å². The number of carbonyl (C=O) groups is 1. The van der Waals surface area contributed by atoms with Crippen molar-refractivity contribution in [3.63, 3.8) is 0 Å². The molecule has 0 saturated heterocycles. The van der Waals surface area contributed by atoms with Gasteiger partial charge in [-0.15, -0.1) is 5.10 Å². The molecule has 2 aromatic heterocycles. The predicted molar refractivity (Wildman–Crippen MR) is 104 cm³/mol. The molecule has 134 valence electrons. The minimum absolute atomic E-state index is 0.279. The van der Waals surface area contributed by atoms with E-state index in [2.05, 4.69) is 10.1 Å². The average molecular weight is 398 g/mol. The Kier molecular flexibility index (Phi) is 4.47. The number of fused-ring (bicyclic) bond motifs is 1. The van der Waals surface area contributed by atoms with Gasteiger partial charge in [-0.05, 0) is 29.8 Å². The first-order valence-electron chi connectivity index (χ1n) is 7.96. The molecule has 0 aliphatic rings. The van der Waals surface area contributed by atoms with Gasteiger partial charge in [0.25, 0.3) is 5.56 Å². The van der Waals surface area contributed by atoms with E-state index < -0.39 is 5.97 Å². The zero-order valence-corrected chi connectivity index (χ0v) is 15.6. The molecule has 0 N–H and O–H groups in total. The Bertz CT molecular complexity index is 1280. The number of aromatic nitrogens is 3. The summed E-state index contributed by atoms with van der Waals surface area (Å²) >= 11 is 7.37. The summed E-state index contributed by atoms with van der Waals surface area (Å²) in [6.07, 6.45) is 1.72. The lowest BCUT2D eigenvalue weighted by Gasteiger charge is -2.04. The van der Waals surface area contributed by atoms with Crippen molar-refractivity contribution in [1.82, 2.24) is 14.6 Å². The summed E-state index contributed by atoms with van der Waals surface area (Å²) in [4.78, 5) is 28.8. The highest BCUT2D eigenvalue weighted by Crippen LogP contribution is 2.27. The maximum atomic E-state index is 12.7. The third kappa shape index (κ3) is 3.34. The normalized spacial score (nSPS) is 11.9. The number of halogens is 1. The molecule has 2 heterocycles. The lowest BCUT2D eigenvalue weighted by atomic mass is 10.2. The summed E-state index contributed by atoms with van der Waals surface area (Å²) in [5.74, 6) is 0.225. The van der Waals surface area contributed by atoms with Crippen molar-refractivity contribution in [2.75, 3.05) is 0 Å². The van der Waals surface area contributed by atoms with Gasteiger partial charge < -0.3 is 4.74 Å². The van der Waals surface area contributed by atoms with Crippen LogP contribution < -0.4 is 14.8 Å². The molecule has 0 amide bonds. The molecule has 4 aromatic rings. The van der Waals surface area contributed by atoms with E-state index in [4.69, 9.17) is 16.3 Å². The number of rotatable bonds is 3. The molecular formula is C19H12ClN3O3S. The zero-order chi connectivity index (χ0) is 19.0. The van der Waals surface area contributed by atoms with Gasteiger partial charge in [0, 0.05) is 11.9 Å². The number of carbonyl (C=O) groups excluding carboxylic acids is 1. The third-order valence-electron chi connectivity index (χ3n) is 3.76. The van der Waals surface area contributed by atoms with Gasteiger partial charge >= 0.3 is 5.97 Å². The molecule has 2 aromatic carbocycles.